The molecule has 0 radical (unpaired) electrons. The van der Waals surface area contributed by atoms with Crippen LogP contribution in [0.2, 0.25) is 11.1 Å². The van der Waals surface area contributed by atoms with Gasteiger partial charge in [0.2, 0.25) is 0 Å². The molecule has 1 aromatic rings. The lowest BCUT2D eigenvalue weighted by molar-refractivity contribution is 0.550. The van der Waals surface area contributed by atoms with Gasteiger partial charge in [0.15, 0.2) is 0 Å². The molecule has 0 atom stereocenters. The average molecular weight is 374 g/mol. The molecule has 0 N–H and O–H groups in total. The fourth-order valence-corrected chi connectivity index (χ4v) is 5.73. The summed E-state index contributed by atoms with van der Waals surface area (Å²) in [5.74, 6) is 0. The van der Waals surface area contributed by atoms with Crippen molar-refractivity contribution in [3.8, 4) is 0 Å². The Bertz CT molecular complexity index is 614. The first kappa shape index (κ1) is 23.3. The normalized spacial score (nSPS) is 13.5. The second-order valence-electron chi connectivity index (χ2n) is 11.5. The lowest BCUT2D eigenvalue weighted by Crippen LogP contribution is -2.22. The van der Waals surface area contributed by atoms with Crippen LogP contribution in [0.1, 0.15) is 107 Å². The van der Waals surface area contributed by atoms with Crippen LogP contribution >= 0.6 is 0 Å². The van der Waals surface area contributed by atoms with Crippen molar-refractivity contribution in [1.82, 2.24) is 0 Å². The minimum Gasteiger partial charge on any atom is -0.302 e. The fourth-order valence-electron chi connectivity index (χ4n) is 3.39. The Morgan fingerprint density at radius 2 is 1.00 bits per heavy atom. The van der Waals surface area contributed by atoms with Crippen LogP contribution in [0.15, 0.2) is 16.8 Å². The molecule has 1 nitrogen and oxygen atoms in total. The highest BCUT2D eigenvalue weighted by Gasteiger charge is 2.29. The van der Waals surface area contributed by atoms with Crippen LogP contribution in [0.25, 0.3) is 0 Å². The van der Waals surface area contributed by atoms with E-state index in [4.69, 9.17) is 4.63 Å². The summed E-state index contributed by atoms with van der Waals surface area (Å²) in [5, 5.41) is 0. The topological polar surface area (TPSA) is 12.4 Å². The second-order valence-corrected chi connectivity index (χ2v) is 14.9. The largest absolute Gasteiger partial charge is 0.302 e. The number of nitrogens with zero attached hydrogens (tertiary/aromatic N) is 1. The Hall–Kier alpha value is -0.763. The third kappa shape index (κ3) is 5.61. The van der Waals surface area contributed by atoms with Crippen molar-refractivity contribution >= 4 is 14.3 Å². The predicted octanol–water partition coefficient (Wildman–Crippen LogP) is 8.29. The number of hydrogen-bond acceptors (Lipinski definition) is 1. The monoisotopic (exact) mass is 373 g/mol. The van der Waals surface area contributed by atoms with Gasteiger partial charge in [0.25, 0.3) is 0 Å². The molecule has 0 bridgehead atoms. The molecule has 0 saturated carbocycles. The zero-order valence-corrected chi connectivity index (χ0v) is 20.8. The van der Waals surface area contributed by atoms with E-state index in [2.05, 4.69) is 102 Å². The minimum absolute atomic E-state index is 0.0844. The van der Waals surface area contributed by atoms with Crippen LogP contribution in [-0.2, 0) is 16.2 Å². The molecule has 0 heterocycles. The number of benzene rings is 1. The van der Waals surface area contributed by atoms with Gasteiger partial charge in [0.1, 0.15) is 8.59 Å². The first-order valence-corrected chi connectivity index (χ1v) is 11.8. The van der Waals surface area contributed by atoms with Crippen LogP contribution in [0.3, 0.4) is 0 Å². The summed E-state index contributed by atoms with van der Waals surface area (Å²) in [6.45, 7) is 30.3. The van der Waals surface area contributed by atoms with E-state index >= 15 is 0 Å². The van der Waals surface area contributed by atoms with Crippen LogP contribution in [-0.4, -0.2) is 8.59 Å². The molecule has 0 unspecified atom stereocenters. The Labute approximate surface area is 165 Å². The van der Waals surface area contributed by atoms with E-state index in [1.165, 1.54) is 22.4 Å². The van der Waals surface area contributed by atoms with Gasteiger partial charge in [-0.25, -0.2) is 0 Å². The van der Waals surface area contributed by atoms with Gasteiger partial charge >= 0.3 is 0 Å². The summed E-state index contributed by atoms with van der Waals surface area (Å²) >= 11 is 0. The van der Waals surface area contributed by atoms with Gasteiger partial charge < -0.3 is 4.63 Å². The van der Waals surface area contributed by atoms with E-state index in [1.54, 1.807) is 0 Å². The predicted molar refractivity (Wildman–Crippen MR) is 121 cm³/mol. The molecule has 148 valence electrons. The maximum absolute atomic E-state index is 5.52. The van der Waals surface area contributed by atoms with Crippen LogP contribution in [0.5, 0.6) is 0 Å². The molecule has 2 heteroatoms. The van der Waals surface area contributed by atoms with Crippen molar-refractivity contribution in [3.63, 3.8) is 0 Å². The molecule has 26 heavy (non-hydrogen) atoms. The fraction of sp³-hybridized carbons (Fsp3) is 0.750. The quantitative estimate of drug-likeness (QED) is 0.472. The molecule has 0 spiro atoms. The summed E-state index contributed by atoms with van der Waals surface area (Å²) in [4.78, 5) is 0. The van der Waals surface area contributed by atoms with Gasteiger partial charge in [-0.2, -0.15) is 0 Å². The standard InChI is InChI=1S/C24H43NSi/c1-16(2)26(17(3)4)25-21-19(23(8,9)10)14-18(22(5,6)7)15-20(21)24(11,12)13/h14-17H,1-13H3. The molecule has 0 aliphatic rings. The van der Waals surface area contributed by atoms with E-state index in [-0.39, 0.29) is 16.2 Å². The molecule has 1 aromatic carbocycles. The van der Waals surface area contributed by atoms with Crippen molar-refractivity contribution in [3.05, 3.63) is 28.8 Å². The molecular formula is C24H43NSi. The van der Waals surface area contributed by atoms with Crippen LogP contribution in [0.4, 0.5) is 5.69 Å². The summed E-state index contributed by atoms with van der Waals surface area (Å²) in [5.41, 5.74) is 7.14. The zero-order valence-electron chi connectivity index (χ0n) is 19.8. The van der Waals surface area contributed by atoms with Gasteiger partial charge in [0.05, 0.1) is 5.69 Å². The van der Waals surface area contributed by atoms with Crippen LogP contribution in [0, 0.1) is 0 Å². The van der Waals surface area contributed by atoms with E-state index in [0.717, 1.165) is 0 Å². The number of hydrogen-bond donors (Lipinski definition) is 0. The average Bonchev–Trinajstić information content (AvgIpc) is 2.39. The SMILES string of the molecule is CC(C)[Si](=Nc1c(C(C)(C)C)cc(C(C)(C)C)cc1C(C)(C)C)C(C)C. The molecule has 0 aliphatic carbocycles. The zero-order chi connectivity index (χ0) is 20.7. The van der Waals surface area contributed by atoms with E-state index in [1.807, 2.05) is 0 Å². The lowest BCUT2D eigenvalue weighted by Gasteiger charge is -2.33. The van der Waals surface area contributed by atoms with Gasteiger partial charge in [-0.15, -0.1) is 0 Å². The van der Waals surface area contributed by atoms with Crippen LogP contribution < -0.4 is 0 Å². The van der Waals surface area contributed by atoms with Crippen molar-refractivity contribution < 1.29 is 0 Å². The Morgan fingerprint density at radius 3 is 1.23 bits per heavy atom. The van der Waals surface area contributed by atoms with E-state index in [0.29, 0.717) is 11.1 Å². The molecule has 0 saturated heterocycles. The van der Waals surface area contributed by atoms with Gasteiger partial charge in [-0.1, -0.05) is 102 Å². The maximum Gasteiger partial charge on any atom is 0.135 e. The van der Waals surface area contributed by atoms with Crippen molar-refractivity contribution in [2.24, 2.45) is 4.63 Å². The van der Waals surface area contributed by atoms with Gasteiger partial charge in [-0.3, -0.25) is 0 Å². The van der Waals surface area contributed by atoms with E-state index < -0.39 is 8.59 Å². The third-order valence-corrected chi connectivity index (χ3v) is 7.86. The van der Waals surface area contributed by atoms with Gasteiger partial charge in [-0.05, 0) is 44.0 Å². The molecular weight excluding hydrogens is 330 g/mol. The summed E-state index contributed by atoms with van der Waals surface area (Å²) in [6.07, 6.45) is 0. The minimum atomic E-state index is -0.817. The smallest absolute Gasteiger partial charge is 0.135 e. The maximum atomic E-state index is 5.52. The van der Waals surface area contributed by atoms with E-state index in [9.17, 15) is 0 Å². The lowest BCUT2D eigenvalue weighted by atomic mass is 9.74. The Kier molecular flexibility index (Phi) is 6.89. The summed E-state index contributed by atoms with van der Waals surface area (Å²) in [7, 11) is -0.817. The highest BCUT2D eigenvalue weighted by atomic mass is 28.2. The highest BCUT2D eigenvalue weighted by Crippen LogP contribution is 2.43. The third-order valence-electron chi connectivity index (χ3n) is 5.02. The van der Waals surface area contributed by atoms with Crippen molar-refractivity contribution in [2.45, 2.75) is 117 Å². The molecule has 0 fully saturated rings. The molecule has 0 aromatic heterocycles. The van der Waals surface area contributed by atoms with Crippen molar-refractivity contribution in [1.29, 1.82) is 0 Å². The Balaban J connectivity index is 4.00. The second kappa shape index (κ2) is 7.70. The summed E-state index contributed by atoms with van der Waals surface area (Å²) in [6, 6.07) is 4.88. The van der Waals surface area contributed by atoms with Crippen molar-refractivity contribution in [2.75, 3.05) is 0 Å². The summed E-state index contributed by atoms with van der Waals surface area (Å²) < 4.78 is 5.52. The molecule has 1 rings (SSSR count). The number of rotatable bonds is 3. The molecule has 0 aliphatic heterocycles. The first-order valence-electron chi connectivity index (χ1n) is 10.2. The highest BCUT2D eigenvalue weighted by molar-refractivity contribution is 6.50. The Morgan fingerprint density at radius 1 is 0.654 bits per heavy atom. The van der Waals surface area contributed by atoms with Gasteiger partial charge in [0, 0.05) is 0 Å². The first-order chi connectivity index (χ1) is 11.5. The molecule has 0 amide bonds.